The third-order valence-corrected chi connectivity index (χ3v) is 6.76. The van der Waals surface area contributed by atoms with Gasteiger partial charge in [-0.05, 0) is 42.3 Å². The van der Waals surface area contributed by atoms with Crippen molar-refractivity contribution in [1.29, 1.82) is 0 Å². The predicted octanol–water partition coefficient (Wildman–Crippen LogP) is 8.25. The third-order valence-electron chi connectivity index (χ3n) is 6.27. The Bertz CT molecular complexity index is 1160. The molecule has 2 bridgehead atoms. The fourth-order valence-electron chi connectivity index (χ4n) is 4.72. The van der Waals surface area contributed by atoms with Crippen LogP contribution in [0.4, 0.5) is 0 Å². The number of fused-ring (bicyclic) bond motifs is 2. The molecule has 4 heteroatoms. The zero-order valence-corrected chi connectivity index (χ0v) is 21.6. The number of hydrogen-bond acceptors (Lipinski definition) is 2. The van der Waals surface area contributed by atoms with Gasteiger partial charge < -0.3 is 9.97 Å². The number of benzene rings is 2. The summed E-state index contributed by atoms with van der Waals surface area (Å²) in [6.07, 6.45) is 9.16. The summed E-state index contributed by atoms with van der Waals surface area (Å²) in [4.78, 5) is 8.67. The number of halogens is 1. The Morgan fingerprint density at radius 2 is 1.30 bits per heavy atom. The van der Waals surface area contributed by atoms with E-state index in [1.807, 2.05) is 54.7 Å². The average Bonchev–Trinajstić information content (AvgIpc) is 2.86. The summed E-state index contributed by atoms with van der Waals surface area (Å²) < 4.78 is 1.05. The molecule has 4 aromatic rings. The minimum atomic E-state index is 0. The van der Waals surface area contributed by atoms with Crippen molar-refractivity contribution in [2.24, 2.45) is 0 Å². The summed E-state index contributed by atoms with van der Waals surface area (Å²) in [5.41, 5.74) is 7.30. The molecule has 0 amide bonds. The molecule has 1 saturated carbocycles. The predicted molar refractivity (Wildman–Crippen MR) is 135 cm³/mol. The first-order valence-corrected chi connectivity index (χ1v) is 11.6. The molecule has 3 aliphatic carbocycles. The topological polar surface area (TPSA) is 25.8 Å². The SMILES string of the molecule is Brc1cc[c-]c(-c2ccccn2)c1.C.[Ir].[c-]1cc2c(cc1-c1ccccn1)C1CCC2CC1. The number of hydrogen-bond donors (Lipinski definition) is 0. The van der Waals surface area contributed by atoms with Crippen LogP contribution in [0, 0.1) is 12.1 Å². The van der Waals surface area contributed by atoms with E-state index >= 15 is 0 Å². The van der Waals surface area contributed by atoms with Crippen LogP contribution in [0.15, 0.2) is 83.6 Å². The molecule has 2 heterocycles. The van der Waals surface area contributed by atoms with Gasteiger partial charge in [-0.2, -0.15) is 0 Å². The molecule has 33 heavy (non-hydrogen) atoms. The summed E-state index contributed by atoms with van der Waals surface area (Å²) >= 11 is 3.41. The van der Waals surface area contributed by atoms with Crippen molar-refractivity contribution in [3.8, 4) is 22.5 Å². The van der Waals surface area contributed by atoms with E-state index in [1.54, 1.807) is 17.3 Å². The summed E-state index contributed by atoms with van der Waals surface area (Å²) in [7, 11) is 0. The Kier molecular flexibility index (Phi) is 9.14. The van der Waals surface area contributed by atoms with Crippen LogP contribution in [0.1, 0.15) is 56.1 Å². The number of aromatic nitrogens is 2. The minimum absolute atomic E-state index is 0. The zero-order valence-electron chi connectivity index (χ0n) is 17.6. The van der Waals surface area contributed by atoms with Crippen molar-refractivity contribution in [3.05, 3.63) is 107 Å². The molecule has 0 N–H and O–H groups in total. The van der Waals surface area contributed by atoms with E-state index in [0.717, 1.165) is 38.8 Å². The van der Waals surface area contributed by atoms with Crippen molar-refractivity contribution >= 4 is 15.9 Å². The van der Waals surface area contributed by atoms with Gasteiger partial charge in [0.1, 0.15) is 0 Å². The number of pyridine rings is 2. The molecule has 2 aromatic carbocycles. The monoisotopic (exact) mass is 675 g/mol. The number of rotatable bonds is 2. The van der Waals surface area contributed by atoms with Gasteiger partial charge in [0.25, 0.3) is 0 Å². The fraction of sp³-hybridized carbons (Fsp3) is 0.241. The average molecular weight is 676 g/mol. The smallest absolute Gasteiger partial charge is 0.0160 e. The molecule has 0 saturated heterocycles. The van der Waals surface area contributed by atoms with Gasteiger partial charge >= 0.3 is 0 Å². The van der Waals surface area contributed by atoms with Gasteiger partial charge in [-0.1, -0.05) is 70.9 Å². The second-order valence-corrected chi connectivity index (χ2v) is 9.07. The molecule has 2 nitrogen and oxygen atoms in total. The van der Waals surface area contributed by atoms with Crippen molar-refractivity contribution in [3.63, 3.8) is 0 Å². The van der Waals surface area contributed by atoms with Crippen molar-refractivity contribution < 1.29 is 20.1 Å². The molecule has 0 atom stereocenters. The Balaban J connectivity index is 0.000000184. The largest absolute Gasteiger partial charge is 0.305 e. The van der Waals surface area contributed by atoms with Crippen molar-refractivity contribution in [2.75, 3.05) is 0 Å². The van der Waals surface area contributed by atoms with Gasteiger partial charge in [0.2, 0.25) is 0 Å². The third kappa shape index (κ3) is 5.87. The zero-order chi connectivity index (χ0) is 21.0. The summed E-state index contributed by atoms with van der Waals surface area (Å²) in [6, 6.07) is 28.9. The van der Waals surface area contributed by atoms with Crippen molar-refractivity contribution in [2.45, 2.75) is 44.9 Å². The van der Waals surface area contributed by atoms with E-state index in [1.165, 1.54) is 25.7 Å². The molecule has 2 aromatic heterocycles. The van der Waals surface area contributed by atoms with E-state index in [2.05, 4.69) is 56.2 Å². The first-order chi connectivity index (χ1) is 15.3. The Labute approximate surface area is 219 Å². The molecular weight excluding hydrogens is 648 g/mol. The van der Waals surface area contributed by atoms with Crippen LogP contribution in [-0.4, -0.2) is 9.97 Å². The molecule has 0 unspecified atom stereocenters. The van der Waals surface area contributed by atoms with Gasteiger partial charge in [-0.3, -0.25) is 0 Å². The first kappa shape index (κ1) is 25.5. The minimum Gasteiger partial charge on any atom is -0.305 e. The van der Waals surface area contributed by atoms with Gasteiger partial charge in [0.05, 0.1) is 0 Å². The van der Waals surface area contributed by atoms with Crippen LogP contribution in [0.3, 0.4) is 0 Å². The molecule has 0 spiro atoms. The summed E-state index contributed by atoms with van der Waals surface area (Å²) in [5.74, 6) is 1.60. The fourth-order valence-corrected chi connectivity index (χ4v) is 5.08. The van der Waals surface area contributed by atoms with Gasteiger partial charge in [0, 0.05) is 32.5 Å². The number of nitrogens with zero attached hydrogens (tertiary/aromatic N) is 2. The van der Waals surface area contributed by atoms with E-state index < -0.39 is 0 Å². The summed E-state index contributed by atoms with van der Waals surface area (Å²) in [6.45, 7) is 0. The normalized spacial score (nSPS) is 17.5. The molecule has 7 rings (SSSR count). The molecule has 0 aliphatic heterocycles. The van der Waals surface area contributed by atoms with Crippen molar-refractivity contribution in [1.82, 2.24) is 9.97 Å². The maximum atomic E-state index is 4.43. The molecule has 1 fully saturated rings. The van der Waals surface area contributed by atoms with Gasteiger partial charge in [0.15, 0.2) is 0 Å². The van der Waals surface area contributed by atoms with E-state index in [-0.39, 0.29) is 27.5 Å². The van der Waals surface area contributed by atoms with Crippen LogP contribution >= 0.6 is 15.9 Å². The molecule has 1 radical (unpaired) electrons. The maximum Gasteiger partial charge on any atom is 0.0160 e. The van der Waals surface area contributed by atoms with E-state index in [9.17, 15) is 0 Å². The Morgan fingerprint density at radius 1 is 0.727 bits per heavy atom. The van der Waals surface area contributed by atoms with Crippen LogP contribution in [0.2, 0.25) is 0 Å². The van der Waals surface area contributed by atoms with E-state index in [0.29, 0.717) is 0 Å². The maximum absolute atomic E-state index is 4.43. The second-order valence-electron chi connectivity index (χ2n) is 8.16. The van der Waals surface area contributed by atoms with E-state index in [4.69, 9.17) is 0 Å². The standard InChI is InChI=1S/C17H16N.C11H7BrN.CH4.Ir/c1-2-10-18-17(3-1)14-8-9-15-12-4-6-13(7-5-12)16(15)11-14;12-10-5-3-4-9(8-10)11-6-1-2-7-13-11;;/h1-3,9-13H,4-7H2;1-3,5-8H;1H4;/q2*-1;;. The Hall–Kier alpha value is -2.13. The first-order valence-electron chi connectivity index (χ1n) is 10.8. The quantitative estimate of drug-likeness (QED) is 0.200. The van der Waals surface area contributed by atoms with Crippen LogP contribution in [0.25, 0.3) is 22.5 Å². The van der Waals surface area contributed by atoms with Crippen LogP contribution in [-0.2, 0) is 20.1 Å². The van der Waals surface area contributed by atoms with Crippen LogP contribution < -0.4 is 0 Å². The van der Waals surface area contributed by atoms with Gasteiger partial charge in [-0.15, -0.1) is 64.7 Å². The second kappa shape index (κ2) is 11.8. The van der Waals surface area contributed by atoms with Crippen LogP contribution in [0.5, 0.6) is 0 Å². The Morgan fingerprint density at radius 3 is 1.85 bits per heavy atom. The summed E-state index contributed by atoms with van der Waals surface area (Å²) in [5, 5.41) is 0. The molecule has 171 valence electrons. The molecular formula is C29H27BrIrN2-2. The van der Waals surface area contributed by atoms with Gasteiger partial charge in [-0.25, -0.2) is 0 Å². The molecule has 3 aliphatic rings.